The van der Waals surface area contributed by atoms with Gasteiger partial charge in [-0.3, -0.25) is 0 Å². The summed E-state index contributed by atoms with van der Waals surface area (Å²) < 4.78 is 14.2. The highest BCUT2D eigenvalue weighted by molar-refractivity contribution is 5.29. The Labute approximate surface area is 122 Å². The predicted octanol–water partition coefficient (Wildman–Crippen LogP) is 3.64. The lowest BCUT2D eigenvalue weighted by Gasteiger charge is -2.49. The van der Waals surface area contributed by atoms with E-state index in [1.54, 1.807) is 12.1 Å². The maximum Gasteiger partial charge on any atom is 0.128 e. The van der Waals surface area contributed by atoms with E-state index in [0.29, 0.717) is 11.5 Å². The molecule has 0 radical (unpaired) electrons. The maximum atomic E-state index is 14.2. The number of hydrogen-bond donors (Lipinski definition) is 1. The molecule has 3 unspecified atom stereocenters. The highest BCUT2D eigenvalue weighted by Gasteiger charge is 2.43. The van der Waals surface area contributed by atoms with E-state index in [1.165, 1.54) is 12.8 Å². The van der Waals surface area contributed by atoms with Gasteiger partial charge in [0.15, 0.2) is 0 Å². The molecule has 2 nitrogen and oxygen atoms in total. The van der Waals surface area contributed by atoms with Gasteiger partial charge in [-0.2, -0.15) is 0 Å². The first-order valence-electron chi connectivity index (χ1n) is 7.56. The van der Waals surface area contributed by atoms with Gasteiger partial charge in [0.25, 0.3) is 0 Å². The molecule has 0 aromatic heterocycles. The Morgan fingerprint density at radius 2 is 2.10 bits per heavy atom. The second-order valence-electron chi connectivity index (χ2n) is 6.70. The second kappa shape index (κ2) is 5.82. The molecule has 1 aliphatic carbocycles. The monoisotopic (exact) mass is 278 g/mol. The summed E-state index contributed by atoms with van der Waals surface area (Å²) in [6, 6.07) is 4.97. The third-order valence-electron chi connectivity index (χ3n) is 4.96. The Morgan fingerprint density at radius 3 is 2.70 bits per heavy atom. The second-order valence-corrected chi connectivity index (χ2v) is 6.70. The van der Waals surface area contributed by atoms with Crippen LogP contribution < -0.4 is 5.73 Å². The van der Waals surface area contributed by atoms with Crippen LogP contribution in [0.4, 0.5) is 4.39 Å². The van der Waals surface area contributed by atoms with Crippen LogP contribution in [0.25, 0.3) is 0 Å². The average molecular weight is 278 g/mol. The van der Waals surface area contributed by atoms with Crippen molar-refractivity contribution in [1.29, 1.82) is 0 Å². The fourth-order valence-corrected chi connectivity index (χ4v) is 3.72. The molecule has 2 N–H and O–H groups in total. The van der Waals surface area contributed by atoms with Crippen LogP contribution in [-0.4, -0.2) is 24.5 Å². The molecular formula is C17H27FN2. The highest BCUT2D eigenvalue weighted by Crippen LogP contribution is 2.43. The molecule has 112 valence electrons. The lowest BCUT2D eigenvalue weighted by Crippen LogP contribution is -2.55. The Balaban J connectivity index is 2.41. The lowest BCUT2D eigenvalue weighted by molar-refractivity contribution is 0.0488. The zero-order valence-corrected chi connectivity index (χ0v) is 13.1. The van der Waals surface area contributed by atoms with Crippen molar-refractivity contribution in [3.8, 4) is 0 Å². The fraction of sp³-hybridized carbons (Fsp3) is 0.647. The first-order valence-corrected chi connectivity index (χ1v) is 7.56. The minimum absolute atomic E-state index is 0.133. The summed E-state index contributed by atoms with van der Waals surface area (Å²) in [5, 5.41) is 0. The van der Waals surface area contributed by atoms with E-state index in [2.05, 4.69) is 25.9 Å². The predicted molar refractivity (Wildman–Crippen MR) is 82.1 cm³/mol. The third kappa shape index (κ3) is 2.75. The molecule has 1 fully saturated rings. The van der Waals surface area contributed by atoms with Crippen molar-refractivity contribution in [2.45, 2.75) is 51.1 Å². The van der Waals surface area contributed by atoms with Crippen LogP contribution in [0.15, 0.2) is 18.2 Å². The van der Waals surface area contributed by atoms with Crippen molar-refractivity contribution in [2.24, 2.45) is 11.7 Å². The van der Waals surface area contributed by atoms with E-state index < -0.39 is 0 Å². The lowest BCUT2D eigenvalue weighted by atomic mass is 9.69. The summed E-state index contributed by atoms with van der Waals surface area (Å²) >= 11 is 0. The quantitative estimate of drug-likeness (QED) is 0.914. The van der Waals surface area contributed by atoms with Crippen LogP contribution in [0.5, 0.6) is 0 Å². The smallest absolute Gasteiger partial charge is 0.128 e. The topological polar surface area (TPSA) is 29.3 Å². The standard InChI is InChI=1S/C17H27FN2/c1-12-7-8-15(18)14(10-12)16(19)17(20(3)4)9-5-6-13(2)11-17/h7-8,10,13,16H,5-6,9,11,19H2,1-4H3. The number of halogens is 1. The molecule has 0 spiro atoms. The van der Waals surface area contributed by atoms with Gasteiger partial charge in [-0.15, -0.1) is 0 Å². The van der Waals surface area contributed by atoms with Crippen molar-refractivity contribution < 1.29 is 4.39 Å². The zero-order chi connectivity index (χ0) is 14.9. The van der Waals surface area contributed by atoms with Crippen LogP contribution in [-0.2, 0) is 0 Å². The summed E-state index contributed by atoms with van der Waals surface area (Å²) in [7, 11) is 4.15. The molecule has 0 saturated heterocycles. The minimum atomic E-state index is -0.278. The molecule has 3 atom stereocenters. The normalized spacial score (nSPS) is 28.6. The van der Waals surface area contributed by atoms with Crippen LogP contribution >= 0.6 is 0 Å². The van der Waals surface area contributed by atoms with E-state index in [-0.39, 0.29) is 17.4 Å². The summed E-state index contributed by atoms with van der Waals surface area (Å²) in [4.78, 5) is 2.22. The summed E-state index contributed by atoms with van der Waals surface area (Å²) in [6.07, 6.45) is 4.49. The van der Waals surface area contributed by atoms with E-state index in [9.17, 15) is 4.39 Å². The molecule has 3 heteroatoms. The van der Waals surface area contributed by atoms with Gasteiger partial charge in [0.05, 0.1) is 6.04 Å². The fourth-order valence-electron chi connectivity index (χ4n) is 3.72. The number of nitrogens with two attached hydrogens (primary N) is 1. The Morgan fingerprint density at radius 1 is 1.40 bits per heavy atom. The summed E-state index contributed by atoms with van der Waals surface area (Å²) in [5.74, 6) is 0.465. The Bertz CT molecular complexity index is 472. The van der Waals surface area contributed by atoms with E-state index >= 15 is 0 Å². The van der Waals surface area contributed by atoms with Gasteiger partial charge in [-0.25, -0.2) is 4.39 Å². The first-order chi connectivity index (χ1) is 9.36. The average Bonchev–Trinajstić information content (AvgIpc) is 2.40. The molecule has 1 aromatic rings. The number of aryl methyl sites for hydroxylation is 1. The Hall–Kier alpha value is -0.930. The van der Waals surface area contributed by atoms with Crippen LogP contribution in [0, 0.1) is 18.7 Å². The van der Waals surface area contributed by atoms with Crippen molar-refractivity contribution in [2.75, 3.05) is 14.1 Å². The zero-order valence-electron chi connectivity index (χ0n) is 13.1. The van der Waals surface area contributed by atoms with Crippen LogP contribution in [0.3, 0.4) is 0 Å². The minimum Gasteiger partial charge on any atom is -0.322 e. The van der Waals surface area contributed by atoms with Gasteiger partial charge in [-0.1, -0.05) is 37.5 Å². The summed E-state index contributed by atoms with van der Waals surface area (Å²) in [5.41, 5.74) is 8.15. The van der Waals surface area contributed by atoms with Gasteiger partial charge in [-0.05, 0) is 45.8 Å². The van der Waals surface area contributed by atoms with Gasteiger partial charge in [0.2, 0.25) is 0 Å². The molecule has 1 saturated carbocycles. The van der Waals surface area contributed by atoms with Gasteiger partial charge >= 0.3 is 0 Å². The van der Waals surface area contributed by atoms with Gasteiger partial charge in [0, 0.05) is 11.1 Å². The number of nitrogens with zero attached hydrogens (tertiary/aromatic N) is 1. The molecule has 1 aliphatic rings. The molecule has 0 heterocycles. The first kappa shape index (κ1) is 15.5. The molecule has 0 aliphatic heterocycles. The van der Waals surface area contributed by atoms with Crippen LogP contribution in [0.2, 0.25) is 0 Å². The Kier molecular flexibility index (Phi) is 4.50. The van der Waals surface area contributed by atoms with Gasteiger partial charge in [0.1, 0.15) is 5.82 Å². The van der Waals surface area contributed by atoms with E-state index in [4.69, 9.17) is 5.73 Å². The number of rotatable bonds is 3. The maximum absolute atomic E-state index is 14.2. The van der Waals surface area contributed by atoms with E-state index in [0.717, 1.165) is 18.4 Å². The van der Waals surface area contributed by atoms with Gasteiger partial charge < -0.3 is 10.6 Å². The SMILES string of the molecule is Cc1ccc(F)c(C(N)C2(N(C)C)CCCC(C)C2)c1. The van der Waals surface area contributed by atoms with Crippen molar-refractivity contribution >= 4 is 0 Å². The third-order valence-corrected chi connectivity index (χ3v) is 4.96. The largest absolute Gasteiger partial charge is 0.322 e. The van der Waals surface area contributed by atoms with Crippen LogP contribution in [0.1, 0.15) is 49.8 Å². The molecule has 20 heavy (non-hydrogen) atoms. The number of likely N-dealkylation sites (N-methyl/N-ethyl adjacent to an activating group) is 1. The number of benzene rings is 1. The molecular weight excluding hydrogens is 251 g/mol. The van der Waals surface area contributed by atoms with Crippen molar-refractivity contribution in [3.05, 3.63) is 35.1 Å². The van der Waals surface area contributed by atoms with E-state index in [1.807, 2.05) is 13.0 Å². The molecule has 0 amide bonds. The number of hydrogen-bond acceptors (Lipinski definition) is 2. The van der Waals surface area contributed by atoms with Crippen molar-refractivity contribution in [1.82, 2.24) is 4.90 Å². The molecule has 2 rings (SSSR count). The molecule has 0 bridgehead atoms. The highest BCUT2D eigenvalue weighted by atomic mass is 19.1. The molecule has 1 aromatic carbocycles. The summed E-state index contributed by atoms with van der Waals surface area (Å²) in [6.45, 7) is 4.26. The van der Waals surface area contributed by atoms with Crippen molar-refractivity contribution in [3.63, 3.8) is 0 Å².